The minimum Gasteiger partial charge on any atom is -0.395 e. The number of hydrogen-bond acceptors (Lipinski definition) is 3. The first kappa shape index (κ1) is 14.0. The summed E-state index contributed by atoms with van der Waals surface area (Å²) in [4.78, 5) is 12.1. The van der Waals surface area contributed by atoms with Crippen LogP contribution in [-0.4, -0.2) is 16.1 Å². The Hall–Kier alpha value is -2.37. The average Bonchev–Trinajstić information content (AvgIpc) is 2.76. The molecular weight excluding hydrogens is 259 g/mol. The predicted octanol–water partition coefficient (Wildman–Crippen LogP) is 2.64. The number of hydrogen-bond donors (Lipinski definition) is 3. The lowest BCUT2D eigenvalue weighted by molar-refractivity contribution is 0.102. The Bertz CT molecular complexity index is 636. The molecule has 6 heteroatoms. The number of amides is 1. The van der Waals surface area contributed by atoms with Gasteiger partial charge in [0.2, 0.25) is 0 Å². The Balaban J connectivity index is 2.22. The predicted molar refractivity (Wildman–Crippen MR) is 76.1 cm³/mol. The zero-order valence-corrected chi connectivity index (χ0v) is 11.5. The zero-order valence-electron chi connectivity index (χ0n) is 11.5. The Labute approximate surface area is 116 Å². The first-order chi connectivity index (χ1) is 9.52. The van der Waals surface area contributed by atoms with Gasteiger partial charge in [0, 0.05) is 5.69 Å². The van der Waals surface area contributed by atoms with Crippen LogP contribution < -0.4 is 11.1 Å². The first-order valence-corrected chi connectivity index (χ1v) is 6.43. The van der Waals surface area contributed by atoms with Crippen molar-refractivity contribution in [2.45, 2.75) is 26.7 Å². The van der Waals surface area contributed by atoms with Crippen LogP contribution in [0.3, 0.4) is 0 Å². The molecule has 1 heterocycles. The van der Waals surface area contributed by atoms with Crippen LogP contribution in [0.1, 0.15) is 35.1 Å². The normalized spacial score (nSPS) is 10.6. The molecule has 0 aliphatic heterocycles. The van der Waals surface area contributed by atoms with Crippen molar-refractivity contribution in [3.63, 3.8) is 0 Å². The second-order valence-corrected chi connectivity index (χ2v) is 4.63. The molecule has 1 aromatic heterocycles. The third kappa shape index (κ3) is 2.79. The SMILES string of the molecule is CCCc1[nH]nc(C(=O)Nc2cc(F)ccc2C)c1N. The summed E-state index contributed by atoms with van der Waals surface area (Å²) in [5.74, 6) is -0.859. The molecule has 1 aromatic carbocycles. The summed E-state index contributed by atoms with van der Waals surface area (Å²) in [6, 6.07) is 4.21. The van der Waals surface area contributed by atoms with Crippen molar-refractivity contribution >= 4 is 17.3 Å². The molecule has 0 aliphatic carbocycles. The Morgan fingerprint density at radius 1 is 1.50 bits per heavy atom. The summed E-state index contributed by atoms with van der Waals surface area (Å²) in [6.45, 7) is 3.79. The number of nitrogens with zero attached hydrogens (tertiary/aromatic N) is 1. The smallest absolute Gasteiger partial charge is 0.278 e. The number of anilines is 2. The van der Waals surface area contributed by atoms with Gasteiger partial charge in [-0.15, -0.1) is 0 Å². The van der Waals surface area contributed by atoms with E-state index in [1.165, 1.54) is 12.1 Å². The third-order valence-corrected chi connectivity index (χ3v) is 3.05. The molecule has 106 valence electrons. The van der Waals surface area contributed by atoms with Gasteiger partial charge in [-0.2, -0.15) is 5.10 Å². The fourth-order valence-corrected chi connectivity index (χ4v) is 1.91. The largest absolute Gasteiger partial charge is 0.395 e. The molecule has 0 fully saturated rings. The van der Waals surface area contributed by atoms with Crippen molar-refractivity contribution in [2.75, 3.05) is 11.1 Å². The lowest BCUT2D eigenvalue weighted by atomic mass is 10.1. The van der Waals surface area contributed by atoms with Gasteiger partial charge in [0.1, 0.15) is 5.82 Å². The first-order valence-electron chi connectivity index (χ1n) is 6.43. The molecule has 0 saturated heterocycles. The van der Waals surface area contributed by atoms with Crippen LogP contribution in [0.2, 0.25) is 0 Å². The fraction of sp³-hybridized carbons (Fsp3) is 0.286. The van der Waals surface area contributed by atoms with E-state index in [2.05, 4.69) is 15.5 Å². The van der Waals surface area contributed by atoms with E-state index in [0.717, 1.165) is 24.1 Å². The third-order valence-electron chi connectivity index (χ3n) is 3.05. The number of H-pyrrole nitrogens is 1. The maximum atomic E-state index is 13.2. The van der Waals surface area contributed by atoms with Crippen LogP contribution in [0.25, 0.3) is 0 Å². The van der Waals surface area contributed by atoms with E-state index >= 15 is 0 Å². The number of halogens is 1. The van der Waals surface area contributed by atoms with E-state index in [-0.39, 0.29) is 5.69 Å². The molecule has 0 spiro atoms. The van der Waals surface area contributed by atoms with E-state index in [1.54, 1.807) is 13.0 Å². The van der Waals surface area contributed by atoms with Crippen molar-refractivity contribution in [3.05, 3.63) is 41.0 Å². The summed E-state index contributed by atoms with van der Waals surface area (Å²) in [6.07, 6.45) is 1.63. The molecule has 2 rings (SSSR count). The highest BCUT2D eigenvalue weighted by Gasteiger charge is 2.17. The molecule has 0 saturated carbocycles. The van der Waals surface area contributed by atoms with Gasteiger partial charge in [-0.1, -0.05) is 19.4 Å². The fourth-order valence-electron chi connectivity index (χ4n) is 1.91. The molecule has 0 atom stereocenters. The van der Waals surface area contributed by atoms with E-state index in [1.807, 2.05) is 6.92 Å². The topological polar surface area (TPSA) is 83.8 Å². The highest BCUT2D eigenvalue weighted by molar-refractivity contribution is 6.06. The number of carbonyl (C=O) groups excluding carboxylic acids is 1. The van der Waals surface area contributed by atoms with E-state index in [0.29, 0.717) is 11.4 Å². The molecule has 0 aliphatic rings. The minimum absolute atomic E-state index is 0.136. The van der Waals surface area contributed by atoms with Gasteiger partial charge in [-0.3, -0.25) is 9.89 Å². The molecule has 0 radical (unpaired) electrons. The van der Waals surface area contributed by atoms with E-state index in [4.69, 9.17) is 5.73 Å². The van der Waals surface area contributed by atoms with Gasteiger partial charge >= 0.3 is 0 Å². The van der Waals surface area contributed by atoms with Crippen molar-refractivity contribution < 1.29 is 9.18 Å². The highest BCUT2D eigenvalue weighted by atomic mass is 19.1. The van der Waals surface area contributed by atoms with Crippen LogP contribution >= 0.6 is 0 Å². The summed E-state index contributed by atoms with van der Waals surface area (Å²) in [5.41, 5.74) is 8.29. The van der Waals surface area contributed by atoms with Gasteiger partial charge in [0.25, 0.3) is 5.91 Å². The highest BCUT2D eigenvalue weighted by Crippen LogP contribution is 2.20. The summed E-state index contributed by atoms with van der Waals surface area (Å²) < 4.78 is 13.2. The lowest BCUT2D eigenvalue weighted by Gasteiger charge is -2.07. The van der Waals surface area contributed by atoms with Crippen molar-refractivity contribution in [2.24, 2.45) is 0 Å². The molecular formula is C14H17FN4O. The number of aryl methyl sites for hydroxylation is 2. The monoisotopic (exact) mass is 276 g/mol. The van der Waals surface area contributed by atoms with Crippen LogP contribution in [0.4, 0.5) is 15.8 Å². The number of nitrogens with two attached hydrogens (primary N) is 1. The van der Waals surface area contributed by atoms with Crippen molar-refractivity contribution in [1.29, 1.82) is 0 Å². The quantitative estimate of drug-likeness (QED) is 0.802. The van der Waals surface area contributed by atoms with Gasteiger partial charge < -0.3 is 11.1 Å². The standard InChI is InChI=1S/C14H17FN4O/c1-3-4-10-12(16)13(19-18-10)14(20)17-11-7-9(15)6-5-8(11)2/h5-7H,3-4,16H2,1-2H3,(H,17,20)(H,18,19). The van der Waals surface area contributed by atoms with Crippen LogP contribution in [0.15, 0.2) is 18.2 Å². The van der Waals surface area contributed by atoms with Gasteiger partial charge in [-0.25, -0.2) is 4.39 Å². The summed E-state index contributed by atoms with van der Waals surface area (Å²) >= 11 is 0. The lowest BCUT2D eigenvalue weighted by Crippen LogP contribution is -2.15. The average molecular weight is 276 g/mol. The maximum Gasteiger partial charge on any atom is 0.278 e. The van der Waals surface area contributed by atoms with Crippen LogP contribution in [0.5, 0.6) is 0 Å². The summed E-state index contributed by atoms with van der Waals surface area (Å²) in [7, 11) is 0. The van der Waals surface area contributed by atoms with E-state index in [9.17, 15) is 9.18 Å². The second kappa shape index (κ2) is 5.73. The van der Waals surface area contributed by atoms with Gasteiger partial charge in [0.15, 0.2) is 5.69 Å². The zero-order chi connectivity index (χ0) is 14.7. The molecule has 20 heavy (non-hydrogen) atoms. The van der Waals surface area contributed by atoms with Crippen molar-refractivity contribution in [1.82, 2.24) is 10.2 Å². The number of rotatable bonds is 4. The number of carbonyl (C=O) groups is 1. The van der Waals surface area contributed by atoms with Crippen LogP contribution in [0, 0.1) is 12.7 Å². The second-order valence-electron chi connectivity index (χ2n) is 4.63. The number of nitrogens with one attached hydrogen (secondary N) is 2. The molecule has 0 unspecified atom stereocenters. The Kier molecular flexibility index (Phi) is 4.02. The van der Waals surface area contributed by atoms with Gasteiger partial charge in [0.05, 0.1) is 11.4 Å². The molecule has 5 nitrogen and oxygen atoms in total. The molecule has 4 N–H and O–H groups in total. The molecule has 1 amide bonds. The molecule has 2 aromatic rings. The number of aromatic nitrogens is 2. The number of benzene rings is 1. The minimum atomic E-state index is -0.449. The Morgan fingerprint density at radius 2 is 2.25 bits per heavy atom. The summed E-state index contributed by atoms with van der Waals surface area (Å²) in [5, 5.41) is 9.31. The van der Waals surface area contributed by atoms with Crippen LogP contribution in [-0.2, 0) is 6.42 Å². The Morgan fingerprint density at radius 3 is 2.95 bits per heavy atom. The van der Waals surface area contributed by atoms with Crippen molar-refractivity contribution in [3.8, 4) is 0 Å². The van der Waals surface area contributed by atoms with E-state index < -0.39 is 11.7 Å². The van der Waals surface area contributed by atoms with Gasteiger partial charge in [-0.05, 0) is 31.0 Å². The number of nitrogen functional groups attached to an aromatic ring is 1. The molecule has 0 bridgehead atoms. The maximum absolute atomic E-state index is 13.2. The number of aromatic amines is 1.